The molecule has 0 amide bonds. The van der Waals surface area contributed by atoms with E-state index < -0.39 is 11.8 Å². The molecule has 6 heteroatoms. The Morgan fingerprint density at radius 2 is 2.21 bits per heavy atom. The van der Waals surface area contributed by atoms with Gasteiger partial charge in [-0.3, -0.25) is 0 Å². The van der Waals surface area contributed by atoms with E-state index in [1.165, 1.54) is 18.2 Å². The summed E-state index contributed by atoms with van der Waals surface area (Å²) >= 11 is 3.04. The van der Waals surface area contributed by atoms with Crippen LogP contribution in [0.25, 0.3) is 0 Å². The van der Waals surface area contributed by atoms with E-state index in [1.807, 2.05) is 0 Å². The molecule has 0 fully saturated rings. The molecule has 0 spiro atoms. The van der Waals surface area contributed by atoms with E-state index >= 15 is 0 Å². The molecule has 19 heavy (non-hydrogen) atoms. The van der Waals surface area contributed by atoms with Gasteiger partial charge in [-0.2, -0.15) is 0 Å². The molecule has 0 unspecified atom stereocenters. The van der Waals surface area contributed by atoms with Crippen LogP contribution in [0.2, 0.25) is 0 Å². The van der Waals surface area contributed by atoms with Gasteiger partial charge < -0.3 is 14.3 Å². The maximum absolute atomic E-state index is 13.3. The topological polar surface area (TPSA) is 59.7 Å². The van der Waals surface area contributed by atoms with Gasteiger partial charge in [-0.1, -0.05) is 0 Å². The largest absolute Gasteiger partial charge is 0.486 e. The molecule has 100 valence electrons. The number of hydrogen-bond donors (Lipinski definition) is 1. The fourth-order valence-electron chi connectivity index (χ4n) is 1.55. The van der Waals surface area contributed by atoms with Crippen LogP contribution >= 0.6 is 15.9 Å². The molecule has 4 nitrogen and oxygen atoms in total. The second-order valence-electron chi connectivity index (χ2n) is 3.85. The van der Waals surface area contributed by atoms with Gasteiger partial charge in [0.1, 0.15) is 35.3 Å². The van der Waals surface area contributed by atoms with Gasteiger partial charge in [-0.25, -0.2) is 9.18 Å². The summed E-state index contributed by atoms with van der Waals surface area (Å²) in [4.78, 5) is 10.8. The molecule has 1 heterocycles. The Morgan fingerprint density at radius 1 is 1.47 bits per heavy atom. The predicted molar refractivity (Wildman–Crippen MR) is 68.8 cm³/mol. The summed E-state index contributed by atoms with van der Waals surface area (Å²) in [5.74, 6) is -0.459. The van der Waals surface area contributed by atoms with E-state index in [9.17, 15) is 9.18 Å². The van der Waals surface area contributed by atoms with E-state index in [0.717, 1.165) is 0 Å². The predicted octanol–water partition coefficient (Wildman–Crippen LogP) is 3.77. The number of hydrogen-bond acceptors (Lipinski definition) is 3. The fraction of sp³-hybridized carbons (Fsp3) is 0.154. The number of halogens is 2. The Balaban J connectivity index is 2.08. The third-order valence-corrected chi connectivity index (χ3v) is 3.11. The number of aromatic carboxylic acids is 1. The fourth-order valence-corrected chi connectivity index (χ4v) is 1.79. The van der Waals surface area contributed by atoms with Crippen LogP contribution in [0, 0.1) is 12.7 Å². The average molecular weight is 329 g/mol. The minimum Gasteiger partial charge on any atom is -0.486 e. The number of rotatable bonds is 4. The Labute approximate surface area is 116 Å². The van der Waals surface area contributed by atoms with Crippen molar-refractivity contribution in [3.8, 4) is 5.75 Å². The highest BCUT2D eigenvalue weighted by molar-refractivity contribution is 9.10. The van der Waals surface area contributed by atoms with Gasteiger partial charge in [0.25, 0.3) is 0 Å². The normalized spacial score (nSPS) is 10.5. The lowest BCUT2D eigenvalue weighted by molar-refractivity contribution is 0.0695. The number of carboxylic acids is 1. The maximum atomic E-state index is 13.3. The maximum Gasteiger partial charge on any atom is 0.339 e. The van der Waals surface area contributed by atoms with Crippen LogP contribution in [0.1, 0.15) is 21.9 Å². The number of furan rings is 1. The van der Waals surface area contributed by atoms with Crippen molar-refractivity contribution in [2.45, 2.75) is 13.5 Å². The molecular weight excluding hydrogens is 319 g/mol. The van der Waals surface area contributed by atoms with E-state index in [-0.39, 0.29) is 12.2 Å². The van der Waals surface area contributed by atoms with Crippen molar-refractivity contribution in [3.63, 3.8) is 0 Å². The van der Waals surface area contributed by atoms with Crippen molar-refractivity contribution in [1.82, 2.24) is 0 Å². The Hall–Kier alpha value is -1.82. The molecule has 0 radical (unpaired) electrons. The molecule has 0 aliphatic heterocycles. The monoisotopic (exact) mass is 328 g/mol. The van der Waals surface area contributed by atoms with Crippen molar-refractivity contribution >= 4 is 21.9 Å². The molecule has 2 rings (SSSR count). The Kier molecular flexibility index (Phi) is 3.90. The number of aryl methyl sites for hydroxylation is 1. The molecule has 1 aromatic heterocycles. The average Bonchev–Trinajstić information content (AvgIpc) is 2.72. The first-order valence-electron chi connectivity index (χ1n) is 5.38. The molecular formula is C13H10BrFO4. The Morgan fingerprint density at radius 3 is 2.79 bits per heavy atom. The standard InChI is InChI=1S/C13H10BrFO4/c1-7-10(13(16)17)4-9(19-7)6-18-8-2-3-11(14)12(15)5-8/h2-5H,6H2,1H3,(H,16,17). The van der Waals surface area contributed by atoms with Gasteiger partial charge in [-0.05, 0) is 41.1 Å². The van der Waals surface area contributed by atoms with Gasteiger partial charge in [-0.15, -0.1) is 0 Å². The second-order valence-corrected chi connectivity index (χ2v) is 4.71. The zero-order valence-corrected chi connectivity index (χ0v) is 11.5. The number of carbonyl (C=O) groups is 1. The van der Waals surface area contributed by atoms with Crippen molar-refractivity contribution < 1.29 is 23.4 Å². The van der Waals surface area contributed by atoms with E-state index in [2.05, 4.69) is 15.9 Å². The quantitative estimate of drug-likeness (QED) is 0.928. The number of benzene rings is 1. The molecule has 0 saturated heterocycles. The molecule has 1 aromatic carbocycles. The lowest BCUT2D eigenvalue weighted by atomic mass is 10.2. The van der Waals surface area contributed by atoms with Gasteiger partial charge in [0.2, 0.25) is 0 Å². The third kappa shape index (κ3) is 3.14. The lowest BCUT2D eigenvalue weighted by Crippen LogP contribution is -1.96. The van der Waals surface area contributed by atoms with E-state index in [1.54, 1.807) is 13.0 Å². The molecule has 0 aliphatic carbocycles. The molecule has 0 saturated carbocycles. The molecule has 0 aliphatic rings. The van der Waals surface area contributed by atoms with Crippen molar-refractivity contribution in [1.29, 1.82) is 0 Å². The van der Waals surface area contributed by atoms with Crippen LogP contribution in [0.3, 0.4) is 0 Å². The van der Waals surface area contributed by atoms with Crippen LogP contribution < -0.4 is 4.74 Å². The van der Waals surface area contributed by atoms with Crippen LogP contribution in [0.15, 0.2) is 33.2 Å². The van der Waals surface area contributed by atoms with Gasteiger partial charge >= 0.3 is 5.97 Å². The summed E-state index contributed by atoms with van der Waals surface area (Å²) < 4.78 is 24.2. The van der Waals surface area contributed by atoms with Crippen molar-refractivity contribution in [2.75, 3.05) is 0 Å². The Bertz CT molecular complexity index is 621. The van der Waals surface area contributed by atoms with Crippen LogP contribution in [-0.2, 0) is 6.61 Å². The smallest absolute Gasteiger partial charge is 0.339 e. The SMILES string of the molecule is Cc1oc(COc2ccc(Br)c(F)c2)cc1C(=O)O. The molecule has 0 bridgehead atoms. The number of carboxylic acid groups (broad SMARTS) is 1. The first-order chi connectivity index (χ1) is 8.97. The van der Waals surface area contributed by atoms with Gasteiger partial charge in [0.05, 0.1) is 4.47 Å². The first-order valence-corrected chi connectivity index (χ1v) is 6.17. The summed E-state index contributed by atoms with van der Waals surface area (Å²) in [7, 11) is 0. The second kappa shape index (κ2) is 5.44. The van der Waals surface area contributed by atoms with Crippen molar-refractivity contribution in [3.05, 3.63) is 51.6 Å². The third-order valence-electron chi connectivity index (χ3n) is 2.47. The lowest BCUT2D eigenvalue weighted by Gasteiger charge is -2.04. The summed E-state index contributed by atoms with van der Waals surface area (Å²) in [5.41, 5.74) is 0.0978. The summed E-state index contributed by atoms with van der Waals surface area (Å²) in [6.45, 7) is 1.60. The minimum atomic E-state index is -1.05. The van der Waals surface area contributed by atoms with E-state index in [4.69, 9.17) is 14.3 Å². The molecule has 1 N–H and O–H groups in total. The van der Waals surface area contributed by atoms with Crippen LogP contribution in [0.5, 0.6) is 5.75 Å². The zero-order chi connectivity index (χ0) is 14.0. The number of ether oxygens (including phenoxy) is 1. The highest BCUT2D eigenvalue weighted by atomic mass is 79.9. The first kappa shape index (κ1) is 13.6. The molecule has 0 atom stereocenters. The summed E-state index contributed by atoms with van der Waals surface area (Å²) in [6, 6.07) is 5.76. The van der Waals surface area contributed by atoms with Crippen molar-refractivity contribution in [2.24, 2.45) is 0 Å². The van der Waals surface area contributed by atoms with Gasteiger partial charge in [0, 0.05) is 6.07 Å². The zero-order valence-electron chi connectivity index (χ0n) is 9.94. The summed E-state index contributed by atoms with van der Waals surface area (Å²) in [5, 5.41) is 8.88. The summed E-state index contributed by atoms with van der Waals surface area (Å²) in [6.07, 6.45) is 0. The highest BCUT2D eigenvalue weighted by Gasteiger charge is 2.14. The van der Waals surface area contributed by atoms with E-state index in [0.29, 0.717) is 21.7 Å². The van der Waals surface area contributed by atoms with Crippen LogP contribution in [0.4, 0.5) is 4.39 Å². The van der Waals surface area contributed by atoms with Crippen LogP contribution in [-0.4, -0.2) is 11.1 Å². The minimum absolute atomic E-state index is 0.0369. The van der Waals surface area contributed by atoms with Gasteiger partial charge in [0.15, 0.2) is 0 Å². The molecule has 2 aromatic rings. The highest BCUT2D eigenvalue weighted by Crippen LogP contribution is 2.22.